The first kappa shape index (κ1) is 23.2. The lowest BCUT2D eigenvalue weighted by Gasteiger charge is -2.38. The van der Waals surface area contributed by atoms with Crippen LogP contribution in [0, 0.1) is 17.6 Å². The quantitative estimate of drug-likeness (QED) is 0.773. The average molecular weight is 436 g/mol. The first-order chi connectivity index (χ1) is 14.7. The zero-order valence-electron chi connectivity index (χ0n) is 18.4. The fourth-order valence-electron chi connectivity index (χ4n) is 4.40. The number of nitrogens with zero attached hydrogens (tertiary/aromatic N) is 2. The van der Waals surface area contributed by atoms with E-state index in [0.29, 0.717) is 19.4 Å². The topological polar surface area (TPSA) is 69.7 Å². The molecule has 2 saturated heterocycles. The maximum Gasteiger partial charge on any atom is 0.247 e. The van der Waals surface area contributed by atoms with Crippen LogP contribution in [0.1, 0.15) is 52.0 Å². The number of benzene rings is 1. The highest BCUT2D eigenvalue weighted by Crippen LogP contribution is 2.29. The minimum Gasteiger partial charge on any atom is -0.342 e. The molecule has 0 radical (unpaired) electrons. The van der Waals surface area contributed by atoms with E-state index >= 15 is 0 Å². The first-order valence-corrected chi connectivity index (χ1v) is 11.1. The molecule has 170 valence electrons. The fraction of sp³-hybridized carbons (Fsp3) is 0.609. The Hall–Kier alpha value is -2.51. The molecule has 2 aliphatic rings. The normalized spacial score (nSPS) is 24.9. The van der Waals surface area contributed by atoms with Gasteiger partial charge in [0, 0.05) is 37.2 Å². The molecule has 3 rings (SSSR count). The Labute approximate surface area is 182 Å². The van der Waals surface area contributed by atoms with Crippen LogP contribution in [0.4, 0.5) is 8.78 Å². The maximum absolute atomic E-state index is 14.1. The number of carbonyl (C=O) groups is 3. The third-order valence-corrected chi connectivity index (χ3v) is 6.56. The lowest BCUT2D eigenvalue weighted by molar-refractivity contribution is -0.143. The van der Waals surface area contributed by atoms with Gasteiger partial charge in [-0.05, 0) is 44.2 Å². The number of carbonyl (C=O) groups excluding carboxylic acids is 3. The van der Waals surface area contributed by atoms with Crippen LogP contribution in [-0.4, -0.2) is 58.7 Å². The molecule has 0 bridgehead atoms. The van der Waals surface area contributed by atoms with Gasteiger partial charge in [0.25, 0.3) is 0 Å². The van der Waals surface area contributed by atoms with Crippen LogP contribution in [-0.2, 0) is 20.8 Å². The molecular weight excluding hydrogens is 404 g/mol. The fourth-order valence-corrected chi connectivity index (χ4v) is 4.40. The van der Waals surface area contributed by atoms with Crippen molar-refractivity contribution in [3.8, 4) is 0 Å². The summed E-state index contributed by atoms with van der Waals surface area (Å²) in [7, 11) is 0. The third kappa shape index (κ3) is 5.22. The second kappa shape index (κ2) is 9.75. The van der Waals surface area contributed by atoms with Gasteiger partial charge < -0.3 is 15.1 Å². The summed E-state index contributed by atoms with van der Waals surface area (Å²) in [6.07, 6.45) is 2.80. The minimum atomic E-state index is -0.841. The summed E-state index contributed by atoms with van der Waals surface area (Å²) in [5, 5.41) is 2.84. The second-order valence-electron chi connectivity index (χ2n) is 8.74. The van der Waals surface area contributed by atoms with Gasteiger partial charge in [0.1, 0.15) is 17.7 Å². The molecule has 0 saturated carbocycles. The summed E-state index contributed by atoms with van der Waals surface area (Å²) < 4.78 is 27.2. The SMILES string of the molecule is CC[C@@H](C)C(=O)N[C@H]1CN(C(=O)Cc2ccc(F)cc2F)CC[C@H]2CC[C@@H](C)N2C1=O. The van der Waals surface area contributed by atoms with Crippen LogP contribution >= 0.6 is 0 Å². The van der Waals surface area contributed by atoms with Crippen molar-refractivity contribution < 1.29 is 23.2 Å². The van der Waals surface area contributed by atoms with E-state index in [4.69, 9.17) is 0 Å². The van der Waals surface area contributed by atoms with Crippen molar-refractivity contribution in [3.05, 3.63) is 35.4 Å². The minimum absolute atomic E-state index is 0.0173. The number of amides is 3. The van der Waals surface area contributed by atoms with Crippen LogP contribution < -0.4 is 5.32 Å². The van der Waals surface area contributed by atoms with Gasteiger partial charge in [0.05, 0.1) is 6.42 Å². The number of halogens is 2. The lowest BCUT2D eigenvalue weighted by Crippen LogP contribution is -2.59. The van der Waals surface area contributed by atoms with Gasteiger partial charge in [-0.3, -0.25) is 14.4 Å². The van der Waals surface area contributed by atoms with Gasteiger partial charge >= 0.3 is 0 Å². The molecule has 8 heteroatoms. The third-order valence-electron chi connectivity index (χ3n) is 6.56. The van der Waals surface area contributed by atoms with Crippen LogP contribution in [0.25, 0.3) is 0 Å². The molecule has 2 heterocycles. The Morgan fingerprint density at radius 1 is 1.23 bits per heavy atom. The van der Waals surface area contributed by atoms with Crippen molar-refractivity contribution >= 4 is 17.7 Å². The zero-order valence-corrected chi connectivity index (χ0v) is 18.4. The molecular formula is C23H31F2N3O3. The molecule has 0 aromatic heterocycles. The Balaban J connectivity index is 1.81. The summed E-state index contributed by atoms with van der Waals surface area (Å²) in [5.41, 5.74) is 0.107. The molecule has 2 aliphatic heterocycles. The predicted octanol–water partition coefficient (Wildman–Crippen LogP) is 2.65. The van der Waals surface area contributed by atoms with Crippen LogP contribution in [0.3, 0.4) is 0 Å². The van der Waals surface area contributed by atoms with Crippen LogP contribution in [0.2, 0.25) is 0 Å². The van der Waals surface area contributed by atoms with Crippen molar-refractivity contribution in [3.63, 3.8) is 0 Å². The number of fused-ring (bicyclic) bond motifs is 1. The molecule has 6 nitrogen and oxygen atoms in total. The van der Waals surface area contributed by atoms with Crippen molar-refractivity contribution in [1.29, 1.82) is 0 Å². The molecule has 31 heavy (non-hydrogen) atoms. The highest BCUT2D eigenvalue weighted by molar-refractivity contribution is 5.90. The number of nitrogens with one attached hydrogen (secondary N) is 1. The zero-order chi connectivity index (χ0) is 22.7. The van der Waals surface area contributed by atoms with Crippen molar-refractivity contribution in [2.24, 2.45) is 5.92 Å². The van der Waals surface area contributed by atoms with E-state index in [1.165, 1.54) is 11.0 Å². The highest BCUT2D eigenvalue weighted by Gasteiger charge is 2.41. The van der Waals surface area contributed by atoms with Gasteiger partial charge in [0.15, 0.2) is 0 Å². The number of rotatable bonds is 5. The van der Waals surface area contributed by atoms with Crippen molar-refractivity contribution in [1.82, 2.24) is 15.1 Å². The van der Waals surface area contributed by atoms with E-state index in [9.17, 15) is 23.2 Å². The van der Waals surface area contributed by atoms with Crippen LogP contribution in [0.15, 0.2) is 18.2 Å². The number of hydrogen-bond acceptors (Lipinski definition) is 3. The Bertz CT molecular complexity index is 847. The van der Waals surface area contributed by atoms with Gasteiger partial charge in [0.2, 0.25) is 17.7 Å². The summed E-state index contributed by atoms with van der Waals surface area (Å²) in [4.78, 5) is 42.2. The van der Waals surface area contributed by atoms with Gasteiger partial charge in [-0.25, -0.2) is 8.78 Å². The second-order valence-corrected chi connectivity index (χ2v) is 8.74. The first-order valence-electron chi connectivity index (χ1n) is 11.1. The lowest BCUT2D eigenvalue weighted by atomic mass is 10.0. The molecule has 1 N–H and O–H groups in total. The number of hydrogen-bond donors (Lipinski definition) is 1. The molecule has 1 aromatic rings. The van der Waals surface area contributed by atoms with E-state index in [0.717, 1.165) is 25.0 Å². The monoisotopic (exact) mass is 435 g/mol. The molecule has 4 atom stereocenters. The molecule has 0 unspecified atom stereocenters. The Morgan fingerprint density at radius 2 is 1.97 bits per heavy atom. The molecule has 2 fully saturated rings. The maximum atomic E-state index is 14.1. The van der Waals surface area contributed by atoms with Crippen LogP contribution in [0.5, 0.6) is 0 Å². The summed E-state index contributed by atoms with van der Waals surface area (Å²) in [5.74, 6) is -2.45. The summed E-state index contributed by atoms with van der Waals surface area (Å²) >= 11 is 0. The molecule has 0 aliphatic carbocycles. The molecule has 0 spiro atoms. The van der Waals surface area contributed by atoms with Gasteiger partial charge in [-0.15, -0.1) is 0 Å². The van der Waals surface area contributed by atoms with Gasteiger partial charge in [-0.1, -0.05) is 19.9 Å². The standard InChI is InChI=1S/C23H31F2N3O3/c1-4-14(2)22(30)26-20-13-27(10-9-18-8-5-15(3)28(18)23(20)31)21(29)11-16-6-7-17(24)12-19(16)25/h6-7,12,14-15,18,20H,4-5,8-11,13H2,1-3H3,(H,26,30)/t14-,15-,18-,20+/m1/s1. The predicted molar refractivity (Wildman–Crippen MR) is 112 cm³/mol. The Morgan fingerprint density at radius 3 is 2.65 bits per heavy atom. The summed E-state index contributed by atoms with van der Waals surface area (Å²) in [6.45, 7) is 6.16. The highest BCUT2D eigenvalue weighted by atomic mass is 19.1. The van der Waals surface area contributed by atoms with E-state index < -0.39 is 17.7 Å². The molecule has 3 amide bonds. The smallest absolute Gasteiger partial charge is 0.247 e. The Kier molecular flexibility index (Phi) is 7.28. The largest absolute Gasteiger partial charge is 0.342 e. The van der Waals surface area contributed by atoms with E-state index in [2.05, 4.69) is 5.32 Å². The average Bonchev–Trinajstić information content (AvgIpc) is 3.09. The van der Waals surface area contributed by atoms with Crippen molar-refractivity contribution in [2.45, 2.75) is 71.0 Å². The van der Waals surface area contributed by atoms with E-state index in [1.54, 1.807) is 6.92 Å². The van der Waals surface area contributed by atoms with Crippen molar-refractivity contribution in [2.75, 3.05) is 13.1 Å². The molecule has 1 aromatic carbocycles. The van der Waals surface area contributed by atoms with Gasteiger partial charge in [-0.2, -0.15) is 0 Å². The summed E-state index contributed by atoms with van der Waals surface area (Å²) in [6, 6.07) is 2.41. The van der Waals surface area contributed by atoms with E-state index in [1.807, 2.05) is 18.7 Å². The van der Waals surface area contributed by atoms with E-state index in [-0.39, 0.29) is 54.3 Å².